The van der Waals surface area contributed by atoms with Crippen LogP contribution in [0.25, 0.3) is 0 Å². The fourth-order valence-corrected chi connectivity index (χ4v) is 3.55. The van der Waals surface area contributed by atoms with E-state index in [2.05, 4.69) is 41.3 Å². The average Bonchev–Trinajstić information content (AvgIpc) is 3.09. The molecular weight excluding hydrogens is 284 g/mol. The second-order valence-corrected chi connectivity index (χ2v) is 7.80. The number of aromatic nitrogens is 3. The molecule has 0 saturated heterocycles. The topological polar surface area (TPSA) is 77.8 Å². The summed E-state index contributed by atoms with van der Waals surface area (Å²) < 4.78 is 5.36. The predicted octanol–water partition coefficient (Wildman–Crippen LogP) is 3.14. The maximum atomic E-state index is 6.35. The third-order valence-corrected chi connectivity index (χ3v) is 5.25. The van der Waals surface area contributed by atoms with Crippen molar-refractivity contribution in [2.75, 3.05) is 0 Å². The van der Waals surface area contributed by atoms with E-state index in [0.29, 0.717) is 18.1 Å². The first-order chi connectivity index (χ1) is 9.87. The Labute approximate surface area is 129 Å². The summed E-state index contributed by atoms with van der Waals surface area (Å²) in [6.07, 6.45) is 4.74. The molecule has 1 saturated carbocycles. The van der Waals surface area contributed by atoms with E-state index in [1.807, 2.05) is 0 Å². The largest absolute Gasteiger partial charge is 0.339 e. The van der Waals surface area contributed by atoms with Crippen molar-refractivity contribution in [3.63, 3.8) is 0 Å². The summed E-state index contributed by atoms with van der Waals surface area (Å²) in [7, 11) is 0. The Hall–Kier alpha value is -1.27. The van der Waals surface area contributed by atoms with Gasteiger partial charge in [-0.15, -0.1) is 11.3 Å². The Morgan fingerprint density at radius 2 is 2.00 bits per heavy atom. The van der Waals surface area contributed by atoms with Crippen molar-refractivity contribution in [3.8, 4) is 0 Å². The van der Waals surface area contributed by atoms with Gasteiger partial charge in [0.1, 0.15) is 0 Å². The summed E-state index contributed by atoms with van der Waals surface area (Å²) in [6, 6.07) is 0. The van der Waals surface area contributed by atoms with Gasteiger partial charge >= 0.3 is 0 Å². The number of nitrogens with zero attached hydrogens (tertiary/aromatic N) is 3. The second kappa shape index (κ2) is 5.18. The maximum Gasteiger partial charge on any atom is 0.232 e. The molecule has 1 aliphatic rings. The van der Waals surface area contributed by atoms with Crippen LogP contribution in [0.2, 0.25) is 0 Å². The molecule has 0 unspecified atom stereocenters. The van der Waals surface area contributed by atoms with Gasteiger partial charge in [0.2, 0.25) is 5.89 Å². The van der Waals surface area contributed by atoms with Crippen molar-refractivity contribution in [1.82, 2.24) is 15.1 Å². The van der Waals surface area contributed by atoms with Crippen LogP contribution in [0.5, 0.6) is 0 Å². The van der Waals surface area contributed by atoms with Crippen LogP contribution < -0.4 is 5.73 Å². The van der Waals surface area contributed by atoms with Gasteiger partial charge in [-0.25, -0.2) is 4.98 Å². The summed E-state index contributed by atoms with van der Waals surface area (Å²) in [5.41, 5.74) is 7.02. The maximum absolute atomic E-state index is 6.35. The van der Waals surface area contributed by atoms with E-state index in [4.69, 9.17) is 10.3 Å². The van der Waals surface area contributed by atoms with Gasteiger partial charge in [0.05, 0.1) is 22.7 Å². The van der Waals surface area contributed by atoms with Crippen molar-refractivity contribution >= 4 is 11.3 Å². The summed E-state index contributed by atoms with van der Waals surface area (Å²) in [4.78, 5) is 9.15. The third kappa shape index (κ3) is 3.01. The minimum atomic E-state index is -0.388. The molecule has 21 heavy (non-hydrogen) atoms. The van der Waals surface area contributed by atoms with Crippen LogP contribution in [0.4, 0.5) is 0 Å². The molecule has 1 fully saturated rings. The molecule has 2 aromatic heterocycles. The van der Waals surface area contributed by atoms with Crippen molar-refractivity contribution < 1.29 is 4.52 Å². The number of rotatable bonds is 3. The van der Waals surface area contributed by atoms with E-state index in [0.717, 1.165) is 36.4 Å². The van der Waals surface area contributed by atoms with Gasteiger partial charge in [-0.2, -0.15) is 4.98 Å². The number of hydrogen-bond acceptors (Lipinski definition) is 6. The Bertz CT molecular complexity index is 620. The highest BCUT2D eigenvalue weighted by atomic mass is 32.1. The summed E-state index contributed by atoms with van der Waals surface area (Å²) in [5.74, 6) is 1.26. The molecule has 114 valence electrons. The summed E-state index contributed by atoms with van der Waals surface area (Å²) in [6.45, 7) is 6.50. The quantitative estimate of drug-likeness (QED) is 0.942. The van der Waals surface area contributed by atoms with Gasteiger partial charge in [0.15, 0.2) is 5.82 Å². The zero-order valence-electron chi connectivity index (χ0n) is 12.8. The first kappa shape index (κ1) is 14.7. The standard InChI is InChI=1S/C15H22N4OS/c1-14(2,3)13-17-10(9-21-13)8-11-18-12(19-20-11)15(16)6-4-5-7-15/h9H,4-8,16H2,1-3H3. The monoisotopic (exact) mass is 306 g/mol. The van der Waals surface area contributed by atoms with Crippen LogP contribution in [-0.4, -0.2) is 15.1 Å². The summed E-state index contributed by atoms with van der Waals surface area (Å²) in [5, 5.41) is 7.28. The van der Waals surface area contributed by atoms with E-state index in [9.17, 15) is 0 Å². The number of hydrogen-bond donors (Lipinski definition) is 1. The highest BCUT2D eigenvalue weighted by Gasteiger charge is 2.36. The molecule has 0 spiro atoms. The lowest BCUT2D eigenvalue weighted by molar-refractivity contribution is 0.351. The zero-order chi connectivity index (χ0) is 15.1. The van der Waals surface area contributed by atoms with Gasteiger partial charge in [0, 0.05) is 10.8 Å². The Kier molecular flexibility index (Phi) is 3.61. The molecule has 0 bridgehead atoms. The number of thiazole rings is 1. The molecule has 2 aromatic rings. The van der Waals surface area contributed by atoms with Gasteiger partial charge in [-0.1, -0.05) is 38.8 Å². The lowest BCUT2D eigenvalue weighted by atomic mass is 9.98. The molecule has 3 rings (SSSR count). The molecule has 0 aromatic carbocycles. The minimum absolute atomic E-state index is 0.0775. The van der Waals surface area contributed by atoms with Crippen LogP contribution >= 0.6 is 11.3 Å². The summed E-state index contributed by atoms with van der Waals surface area (Å²) >= 11 is 1.68. The van der Waals surface area contributed by atoms with E-state index in [1.54, 1.807) is 11.3 Å². The fraction of sp³-hybridized carbons (Fsp3) is 0.667. The Balaban J connectivity index is 1.74. The molecule has 6 heteroatoms. The van der Waals surface area contributed by atoms with Crippen molar-refractivity contribution in [2.45, 2.75) is 63.8 Å². The molecule has 2 N–H and O–H groups in total. The van der Waals surface area contributed by atoms with Crippen molar-refractivity contribution in [3.05, 3.63) is 27.8 Å². The Morgan fingerprint density at radius 1 is 1.29 bits per heavy atom. The van der Waals surface area contributed by atoms with Gasteiger partial charge in [0.25, 0.3) is 0 Å². The van der Waals surface area contributed by atoms with Gasteiger partial charge in [-0.3, -0.25) is 0 Å². The van der Waals surface area contributed by atoms with Gasteiger partial charge < -0.3 is 10.3 Å². The highest BCUT2D eigenvalue weighted by Crippen LogP contribution is 2.34. The third-order valence-electron chi connectivity index (χ3n) is 3.93. The van der Waals surface area contributed by atoms with E-state index in [1.165, 1.54) is 0 Å². The molecule has 2 heterocycles. The van der Waals surface area contributed by atoms with Gasteiger partial charge in [-0.05, 0) is 12.8 Å². The van der Waals surface area contributed by atoms with E-state index in [-0.39, 0.29) is 11.0 Å². The molecule has 1 aliphatic carbocycles. The normalized spacial score (nSPS) is 18.3. The first-order valence-corrected chi connectivity index (χ1v) is 8.32. The van der Waals surface area contributed by atoms with Crippen LogP contribution in [0.3, 0.4) is 0 Å². The second-order valence-electron chi connectivity index (χ2n) is 6.95. The molecule has 0 aliphatic heterocycles. The fourth-order valence-electron chi connectivity index (χ4n) is 2.65. The average molecular weight is 306 g/mol. The van der Waals surface area contributed by atoms with Crippen LogP contribution in [0.1, 0.15) is 68.9 Å². The van der Waals surface area contributed by atoms with Crippen molar-refractivity contribution in [1.29, 1.82) is 0 Å². The van der Waals surface area contributed by atoms with Crippen molar-refractivity contribution in [2.24, 2.45) is 5.73 Å². The van der Waals surface area contributed by atoms with Crippen LogP contribution in [0.15, 0.2) is 9.90 Å². The lowest BCUT2D eigenvalue weighted by Crippen LogP contribution is -2.34. The molecule has 0 radical (unpaired) electrons. The zero-order valence-corrected chi connectivity index (χ0v) is 13.7. The Morgan fingerprint density at radius 3 is 2.62 bits per heavy atom. The molecule has 0 amide bonds. The number of nitrogens with two attached hydrogens (primary N) is 1. The van der Waals surface area contributed by atoms with Crippen LogP contribution in [0, 0.1) is 0 Å². The lowest BCUT2D eigenvalue weighted by Gasteiger charge is -2.17. The first-order valence-electron chi connectivity index (χ1n) is 7.44. The van der Waals surface area contributed by atoms with E-state index < -0.39 is 0 Å². The predicted molar refractivity (Wildman–Crippen MR) is 82.3 cm³/mol. The van der Waals surface area contributed by atoms with Crippen LogP contribution in [-0.2, 0) is 17.4 Å². The molecular formula is C15H22N4OS. The minimum Gasteiger partial charge on any atom is -0.339 e. The molecule has 0 atom stereocenters. The van der Waals surface area contributed by atoms with E-state index >= 15 is 0 Å². The SMILES string of the molecule is CC(C)(C)c1nc(Cc2nc(C3(N)CCCC3)no2)cs1. The smallest absolute Gasteiger partial charge is 0.232 e. The highest BCUT2D eigenvalue weighted by molar-refractivity contribution is 7.09. The molecule has 5 nitrogen and oxygen atoms in total.